The highest BCUT2D eigenvalue weighted by Gasteiger charge is 2.17. The second-order valence-corrected chi connectivity index (χ2v) is 12.2. The molecule has 0 saturated heterocycles. The highest BCUT2D eigenvalue weighted by Crippen LogP contribution is 2.35. The summed E-state index contributed by atoms with van der Waals surface area (Å²) in [5, 5.41) is 21.0. The van der Waals surface area contributed by atoms with Gasteiger partial charge in [0.05, 0.1) is 45.7 Å². The van der Waals surface area contributed by atoms with Gasteiger partial charge < -0.3 is 4.57 Å². The molecule has 5 aromatic carbocycles. The second-order valence-electron chi connectivity index (χ2n) is 12.2. The van der Waals surface area contributed by atoms with Gasteiger partial charge in [0.1, 0.15) is 0 Å². The summed E-state index contributed by atoms with van der Waals surface area (Å²) in [4.78, 5) is 10.1. The van der Waals surface area contributed by atoms with E-state index in [9.17, 15) is 10.5 Å². The van der Waals surface area contributed by atoms with E-state index in [-0.39, 0.29) is 0 Å². The van der Waals surface area contributed by atoms with E-state index in [1.807, 2.05) is 54.6 Å². The number of aromatic nitrogens is 3. The molecule has 0 fully saturated rings. The fourth-order valence-corrected chi connectivity index (χ4v) is 6.61. The third-order valence-corrected chi connectivity index (χ3v) is 9.00. The first-order valence-electron chi connectivity index (χ1n) is 16.0. The smallest absolute Gasteiger partial charge is 0.156 e. The van der Waals surface area contributed by atoms with Gasteiger partial charge >= 0.3 is 0 Å². The number of nitriles is 2. The predicted molar refractivity (Wildman–Crippen MR) is 193 cm³/mol. The van der Waals surface area contributed by atoms with Crippen molar-refractivity contribution >= 4 is 27.4 Å². The molecule has 0 N–H and O–H groups in total. The molecule has 1 aliphatic carbocycles. The van der Waals surface area contributed by atoms with Crippen molar-refractivity contribution in [1.82, 2.24) is 14.5 Å². The summed E-state index contributed by atoms with van der Waals surface area (Å²) in [6.45, 7) is 2.22. The maximum atomic E-state index is 9.55. The van der Waals surface area contributed by atoms with E-state index in [4.69, 9.17) is 9.97 Å². The number of benzene rings is 5. The van der Waals surface area contributed by atoms with Gasteiger partial charge in [-0.1, -0.05) is 85.8 Å². The molecule has 2 aromatic heterocycles. The average molecular weight is 616 g/mol. The topological polar surface area (TPSA) is 78.3 Å². The van der Waals surface area contributed by atoms with Gasteiger partial charge in [0.15, 0.2) is 5.82 Å². The Balaban J connectivity index is 1.19. The Morgan fingerprint density at radius 3 is 1.90 bits per heavy atom. The van der Waals surface area contributed by atoms with Crippen LogP contribution in [0.5, 0.6) is 0 Å². The van der Waals surface area contributed by atoms with E-state index in [1.165, 1.54) is 0 Å². The molecule has 1 unspecified atom stereocenters. The highest BCUT2D eigenvalue weighted by molar-refractivity contribution is 6.10. The summed E-state index contributed by atoms with van der Waals surface area (Å²) in [7, 11) is 0. The fraction of sp³-hybridized carbons (Fsp3) is 0.0698. The molecular weight excluding hydrogens is 587 g/mol. The minimum atomic E-state index is 0.441. The van der Waals surface area contributed by atoms with Crippen LogP contribution in [0.4, 0.5) is 0 Å². The van der Waals surface area contributed by atoms with Gasteiger partial charge in [-0.3, -0.25) is 0 Å². The highest BCUT2D eigenvalue weighted by atomic mass is 15.0. The maximum absolute atomic E-state index is 9.55. The first-order chi connectivity index (χ1) is 23.6. The Bertz CT molecular complexity index is 2430. The quantitative estimate of drug-likeness (QED) is 0.193. The van der Waals surface area contributed by atoms with Crippen LogP contribution >= 0.6 is 0 Å². The molecule has 0 bridgehead atoms. The lowest BCUT2D eigenvalue weighted by Gasteiger charge is -2.16. The molecule has 0 amide bonds. The lowest BCUT2D eigenvalue weighted by Crippen LogP contribution is -2.03. The number of nitrogens with zero attached hydrogens (tertiary/aromatic N) is 5. The molecule has 5 nitrogen and oxygen atoms in total. The Labute approximate surface area is 279 Å². The second kappa shape index (κ2) is 12.0. The number of hydrogen-bond donors (Lipinski definition) is 0. The molecule has 8 rings (SSSR count). The Morgan fingerprint density at radius 2 is 1.25 bits per heavy atom. The number of rotatable bonds is 5. The number of allylic oxidation sites excluding steroid dienone is 4. The molecule has 7 aromatic rings. The zero-order valence-electron chi connectivity index (χ0n) is 26.3. The van der Waals surface area contributed by atoms with Gasteiger partial charge in [-0.05, 0) is 89.7 Å². The van der Waals surface area contributed by atoms with Crippen LogP contribution in [-0.2, 0) is 0 Å². The third kappa shape index (κ3) is 5.24. The van der Waals surface area contributed by atoms with Gasteiger partial charge in [0, 0.05) is 27.6 Å². The van der Waals surface area contributed by atoms with Crippen molar-refractivity contribution in [2.45, 2.75) is 13.3 Å². The number of hydrogen-bond acceptors (Lipinski definition) is 4. The summed E-state index contributed by atoms with van der Waals surface area (Å²) < 4.78 is 2.19. The first-order valence-corrected chi connectivity index (χ1v) is 16.0. The molecule has 5 heteroatoms. The lowest BCUT2D eigenvalue weighted by molar-refractivity contribution is 0.743. The van der Waals surface area contributed by atoms with Crippen LogP contribution in [0.1, 0.15) is 30.3 Å². The SMILES string of the molecule is CC1C=CC=C(c2nc(-c3ccccc3)cc(-c3cccc(-c4ccc(-n5c6ccc(C#N)cc6c6cc(C#N)ccc65)cc4)c3)n2)C1. The minimum Gasteiger partial charge on any atom is -0.309 e. The molecule has 0 saturated carbocycles. The van der Waals surface area contributed by atoms with E-state index >= 15 is 0 Å². The lowest BCUT2D eigenvalue weighted by atomic mass is 9.95. The molecule has 2 heterocycles. The van der Waals surface area contributed by atoms with Gasteiger partial charge in [0.25, 0.3) is 0 Å². The van der Waals surface area contributed by atoms with Crippen molar-refractivity contribution in [3.63, 3.8) is 0 Å². The standard InChI is InChI=1S/C43H29N5/c1-28-7-5-12-35(21-28)43-46-39(32-8-3-2-4-9-32)25-40(47-43)34-11-6-10-33(24-34)31-15-17-36(18-16-31)48-41-19-13-29(26-44)22-37(41)38-23-30(27-45)14-20-42(38)48/h2-20,22-25,28H,21H2,1H3. The Morgan fingerprint density at radius 1 is 0.625 bits per heavy atom. The molecule has 0 spiro atoms. The fourth-order valence-electron chi connectivity index (χ4n) is 6.61. The molecule has 1 aliphatic rings. The molecule has 0 aliphatic heterocycles. The number of fused-ring (bicyclic) bond motifs is 3. The van der Waals surface area contributed by atoms with Gasteiger partial charge in [0.2, 0.25) is 0 Å². The van der Waals surface area contributed by atoms with Crippen LogP contribution in [0.15, 0.2) is 140 Å². The summed E-state index contributed by atoms with van der Waals surface area (Å²) in [5.74, 6) is 1.21. The van der Waals surface area contributed by atoms with E-state index < -0.39 is 0 Å². The van der Waals surface area contributed by atoms with E-state index in [1.54, 1.807) is 0 Å². The zero-order valence-corrected chi connectivity index (χ0v) is 26.3. The van der Waals surface area contributed by atoms with Crippen molar-refractivity contribution in [2.75, 3.05) is 0 Å². The normalized spacial score (nSPS) is 14.1. The van der Waals surface area contributed by atoms with Crippen molar-refractivity contribution in [1.29, 1.82) is 10.5 Å². The van der Waals surface area contributed by atoms with Crippen LogP contribution < -0.4 is 0 Å². The predicted octanol–water partition coefficient (Wildman–Crippen LogP) is 10.3. The van der Waals surface area contributed by atoms with E-state index in [0.29, 0.717) is 17.0 Å². The Kier molecular flexibility index (Phi) is 7.21. The van der Waals surface area contributed by atoms with Gasteiger partial charge in [-0.2, -0.15) is 10.5 Å². The van der Waals surface area contributed by atoms with Crippen molar-refractivity contribution in [3.8, 4) is 51.5 Å². The van der Waals surface area contributed by atoms with Crippen LogP contribution in [0, 0.1) is 28.6 Å². The summed E-state index contributed by atoms with van der Waals surface area (Å²) in [6, 6.07) is 45.4. The Hall–Kier alpha value is -6.56. The average Bonchev–Trinajstić information content (AvgIpc) is 3.48. The molecule has 226 valence electrons. The van der Waals surface area contributed by atoms with Crippen LogP contribution in [-0.4, -0.2) is 14.5 Å². The van der Waals surface area contributed by atoms with Crippen molar-refractivity contribution in [2.24, 2.45) is 5.92 Å². The minimum absolute atomic E-state index is 0.441. The van der Waals surface area contributed by atoms with Crippen LogP contribution in [0.3, 0.4) is 0 Å². The monoisotopic (exact) mass is 615 g/mol. The zero-order chi connectivity index (χ0) is 32.6. The summed E-state index contributed by atoms with van der Waals surface area (Å²) in [6.07, 6.45) is 7.37. The van der Waals surface area contributed by atoms with Crippen LogP contribution in [0.25, 0.3) is 66.7 Å². The summed E-state index contributed by atoms with van der Waals surface area (Å²) >= 11 is 0. The van der Waals surface area contributed by atoms with Crippen molar-refractivity contribution in [3.05, 3.63) is 157 Å². The van der Waals surface area contributed by atoms with Crippen LogP contribution in [0.2, 0.25) is 0 Å². The largest absolute Gasteiger partial charge is 0.309 e. The molecule has 0 radical (unpaired) electrons. The molecule has 1 atom stereocenters. The first kappa shape index (κ1) is 28.9. The van der Waals surface area contributed by atoms with E-state index in [0.717, 1.165) is 79.0 Å². The van der Waals surface area contributed by atoms with E-state index in [2.05, 4.69) is 109 Å². The molecule has 48 heavy (non-hydrogen) atoms. The molecular formula is C43H29N5. The van der Waals surface area contributed by atoms with Gasteiger partial charge in [-0.15, -0.1) is 0 Å². The van der Waals surface area contributed by atoms with Crippen molar-refractivity contribution < 1.29 is 0 Å². The van der Waals surface area contributed by atoms with Gasteiger partial charge in [-0.25, -0.2) is 9.97 Å². The maximum Gasteiger partial charge on any atom is 0.156 e. The third-order valence-electron chi connectivity index (χ3n) is 9.00. The summed E-state index contributed by atoms with van der Waals surface area (Å²) in [5.41, 5.74) is 11.4.